The molecule has 5 nitrogen and oxygen atoms in total. The maximum absolute atomic E-state index is 11.5. The highest BCUT2D eigenvalue weighted by Crippen LogP contribution is 2.25. The van der Waals surface area contributed by atoms with Crippen LogP contribution in [0.2, 0.25) is 0 Å². The van der Waals surface area contributed by atoms with E-state index in [1.165, 1.54) is 0 Å². The van der Waals surface area contributed by atoms with Crippen molar-refractivity contribution in [1.82, 2.24) is 5.32 Å². The highest BCUT2D eigenvalue weighted by molar-refractivity contribution is 5.80. The summed E-state index contributed by atoms with van der Waals surface area (Å²) in [5.74, 6) is 0.463. The fraction of sp³-hybridized carbons (Fsp3) is 0.467. The van der Waals surface area contributed by atoms with Gasteiger partial charge >= 0.3 is 0 Å². The lowest BCUT2D eigenvalue weighted by Crippen LogP contribution is -2.43. The second-order valence-electron chi connectivity index (χ2n) is 5.06. The van der Waals surface area contributed by atoms with Gasteiger partial charge in [-0.2, -0.15) is 5.26 Å². The molecule has 1 amide bonds. The number of nitrogens with two attached hydrogens (primary N) is 1. The molecule has 0 saturated heterocycles. The lowest BCUT2D eigenvalue weighted by atomic mass is 10.00. The normalized spacial score (nSPS) is 13.6. The number of amides is 1. The van der Waals surface area contributed by atoms with Crippen LogP contribution < -0.4 is 15.8 Å². The van der Waals surface area contributed by atoms with Crippen molar-refractivity contribution in [3.63, 3.8) is 0 Å². The lowest BCUT2D eigenvalue weighted by Gasteiger charge is -2.22. The first-order valence-electron chi connectivity index (χ1n) is 6.57. The Balaban J connectivity index is 2.95. The second kappa shape index (κ2) is 7.51. The minimum absolute atomic E-state index is 0.303. The predicted molar refractivity (Wildman–Crippen MR) is 76.9 cm³/mol. The van der Waals surface area contributed by atoms with Gasteiger partial charge in [0, 0.05) is 5.56 Å². The number of hydrogen-bond acceptors (Lipinski definition) is 4. The minimum atomic E-state index is -0.637. The number of nitrogens with zero attached hydrogens (tertiary/aromatic N) is 1. The Morgan fingerprint density at radius 3 is 2.60 bits per heavy atom. The van der Waals surface area contributed by atoms with Gasteiger partial charge in [0.2, 0.25) is 5.91 Å². The fourth-order valence-corrected chi connectivity index (χ4v) is 2.04. The molecule has 0 radical (unpaired) electrons. The summed E-state index contributed by atoms with van der Waals surface area (Å²) >= 11 is 0. The molecule has 1 rings (SSSR count). The summed E-state index contributed by atoms with van der Waals surface area (Å²) in [6.07, 6.45) is 0.586. The van der Waals surface area contributed by atoms with E-state index in [4.69, 9.17) is 10.5 Å². The quantitative estimate of drug-likeness (QED) is 0.793. The van der Waals surface area contributed by atoms with Crippen LogP contribution in [0, 0.1) is 17.2 Å². The Labute approximate surface area is 119 Å². The maximum atomic E-state index is 11.5. The van der Waals surface area contributed by atoms with E-state index in [1.807, 2.05) is 26.0 Å². The molecule has 108 valence electrons. The van der Waals surface area contributed by atoms with Crippen LogP contribution in [0.25, 0.3) is 0 Å². The molecule has 0 bridgehead atoms. The van der Waals surface area contributed by atoms with Gasteiger partial charge in [0.25, 0.3) is 0 Å². The number of nitrogens with one attached hydrogen (secondary N) is 1. The Bertz CT molecular complexity index is 494. The molecule has 0 aliphatic carbocycles. The third-order valence-electron chi connectivity index (χ3n) is 3.00. The van der Waals surface area contributed by atoms with E-state index in [9.17, 15) is 10.1 Å². The number of para-hydroxylation sites is 1. The van der Waals surface area contributed by atoms with Crippen molar-refractivity contribution in [3.8, 4) is 11.8 Å². The molecule has 20 heavy (non-hydrogen) atoms. The first-order valence-corrected chi connectivity index (χ1v) is 6.57. The van der Waals surface area contributed by atoms with Crippen LogP contribution in [0.5, 0.6) is 5.75 Å². The van der Waals surface area contributed by atoms with Gasteiger partial charge in [0.15, 0.2) is 0 Å². The van der Waals surface area contributed by atoms with Crippen molar-refractivity contribution >= 4 is 5.91 Å². The topological polar surface area (TPSA) is 88.1 Å². The molecule has 0 heterocycles. The van der Waals surface area contributed by atoms with Gasteiger partial charge in [0.05, 0.1) is 19.2 Å². The van der Waals surface area contributed by atoms with Crippen molar-refractivity contribution in [1.29, 1.82) is 5.26 Å². The van der Waals surface area contributed by atoms with Crippen LogP contribution in [0.15, 0.2) is 24.3 Å². The van der Waals surface area contributed by atoms with E-state index >= 15 is 0 Å². The van der Waals surface area contributed by atoms with Crippen LogP contribution in [-0.2, 0) is 4.79 Å². The maximum Gasteiger partial charge on any atom is 0.234 e. The van der Waals surface area contributed by atoms with Gasteiger partial charge in [0.1, 0.15) is 11.8 Å². The number of carbonyl (C=O) groups excluding carboxylic acids is 1. The monoisotopic (exact) mass is 275 g/mol. The second-order valence-corrected chi connectivity index (χ2v) is 5.06. The van der Waals surface area contributed by atoms with Crippen molar-refractivity contribution in [2.24, 2.45) is 11.7 Å². The van der Waals surface area contributed by atoms with Crippen molar-refractivity contribution < 1.29 is 9.53 Å². The van der Waals surface area contributed by atoms with E-state index in [0.717, 1.165) is 0 Å². The number of hydrogen-bond donors (Lipinski definition) is 2. The van der Waals surface area contributed by atoms with Crippen LogP contribution in [-0.4, -0.2) is 19.1 Å². The minimum Gasteiger partial charge on any atom is -0.496 e. The van der Waals surface area contributed by atoms with Crippen LogP contribution in [0.1, 0.15) is 31.9 Å². The van der Waals surface area contributed by atoms with Gasteiger partial charge in [-0.05, 0) is 18.4 Å². The molecule has 1 unspecified atom stereocenters. The summed E-state index contributed by atoms with van der Waals surface area (Å²) < 4.78 is 5.24. The summed E-state index contributed by atoms with van der Waals surface area (Å²) in [6, 6.07) is 8.21. The average molecular weight is 275 g/mol. The molecule has 1 aromatic rings. The number of ether oxygens (including phenoxy) is 1. The van der Waals surface area contributed by atoms with E-state index in [2.05, 4.69) is 11.4 Å². The third kappa shape index (κ3) is 4.25. The van der Waals surface area contributed by atoms with Crippen molar-refractivity contribution in [2.75, 3.05) is 7.11 Å². The molecular formula is C15H21N3O2. The number of rotatable bonds is 7. The van der Waals surface area contributed by atoms with E-state index in [1.54, 1.807) is 19.2 Å². The first kappa shape index (κ1) is 16.0. The summed E-state index contributed by atoms with van der Waals surface area (Å²) in [6.45, 7) is 4.00. The van der Waals surface area contributed by atoms with E-state index < -0.39 is 18.0 Å². The zero-order valence-corrected chi connectivity index (χ0v) is 12.1. The Morgan fingerprint density at radius 1 is 1.45 bits per heavy atom. The number of nitriles is 1. The zero-order chi connectivity index (χ0) is 15.1. The largest absolute Gasteiger partial charge is 0.496 e. The molecule has 0 aliphatic heterocycles. The Kier molecular flexibility index (Phi) is 6.01. The van der Waals surface area contributed by atoms with Crippen LogP contribution >= 0.6 is 0 Å². The zero-order valence-electron chi connectivity index (χ0n) is 12.1. The van der Waals surface area contributed by atoms with Gasteiger partial charge in [-0.1, -0.05) is 32.0 Å². The Morgan fingerprint density at radius 2 is 2.10 bits per heavy atom. The molecule has 1 aromatic carbocycles. The highest BCUT2D eigenvalue weighted by atomic mass is 16.5. The summed E-state index contributed by atoms with van der Waals surface area (Å²) in [7, 11) is 1.55. The molecular weight excluding hydrogens is 254 g/mol. The number of methoxy groups -OCH3 is 1. The smallest absolute Gasteiger partial charge is 0.234 e. The first-order chi connectivity index (χ1) is 9.49. The number of carbonyl (C=O) groups is 1. The van der Waals surface area contributed by atoms with Gasteiger partial charge in [-0.15, -0.1) is 0 Å². The highest BCUT2D eigenvalue weighted by Gasteiger charge is 2.23. The SMILES string of the molecule is COc1ccccc1C(C#N)N[C@@H](CC(C)C)C(N)=O. The summed E-state index contributed by atoms with van der Waals surface area (Å²) in [5.41, 5.74) is 6.10. The van der Waals surface area contributed by atoms with Gasteiger partial charge in [-0.25, -0.2) is 0 Å². The predicted octanol–water partition coefficient (Wildman–Crippen LogP) is 1.75. The third-order valence-corrected chi connectivity index (χ3v) is 3.00. The fourth-order valence-electron chi connectivity index (χ4n) is 2.04. The summed E-state index contributed by atoms with van der Waals surface area (Å²) in [5, 5.41) is 12.4. The van der Waals surface area contributed by atoms with Crippen molar-refractivity contribution in [3.05, 3.63) is 29.8 Å². The Hall–Kier alpha value is -2.06. The van der Waals surface area contributed by atoms with Gasteiger partial charge in [-0.3, -0.25) is 10.1 Å². The van der Waals surface area contributed by atoms with Crippen molar-refractivity contribution in [2.45, 2.75) is 32.4 Å². The summed E-state index contributed by atoms with van der Waals surface area (Å²) in [4.78, 5) is 11.5. The molecule has 2 atom stereocenters. The molecule has 0 aromatic heterocycles. The van der Waals surface area contributed by atoms with E-state index in [-0.39, 0.29) is 0 Å². The molecule has 5 heteroatoms. The lowest BCUT2D eigenvalue weighted by molar-refractivity contribution is -0.120. The standard InChI is InChI=1S/C15H21N3O2/c1-10(2)8-12(15(17)19)18-13(9-16)11-6-4-5-7-14(11)20-3/h4-7,10,12-13,18H,8H2,1-3H3,(H2,17,19)/t12-,13?/m0/s1. The van der Waals surface area contributed by atoms with Gasteiger partial charge < -0.3 is 10.5 Å². The molecule has 0 fully saturated rings. The number of benzene rings is 1. The average Bonchev–Trinajstić information content (AvgIpc) is 2.42. The molecule has 3 N–H and O–H groups in total. The molecule has 0 saturated carbocycles. The number of primary amides is 1. The van der Waals surface area contributed by atoms with Crippen LogP contribution in [0.3, 0.4) is 0 Å². The molecule has 0 spiro atoms. The van der Waals surface area contributed by atoms with Crippen LogP contribution in [0.4, 0.5) is 0 Å². The van der Waals surface area contributed by atoms with E-state index in [0.29, 0.717) is 23.7 Å². The molecule has 0 aliphatic rings.